The van der Waals surface area contributed by atoms with Crippen LogP contribution in [0.2, 0.25) is 0 Å². The van der Waals surface area contributed by atoms with Crippen molar-refractivity contribution in [3.8, 4) is 17.4 Å². The van der Waals surface area contributed by atoms with E-state index in [4.69, 9.17) is 4.74 Å². The first-order valence-electron chi connectivity index (χ1n) is 9.67. The van der Waals surface area contributed by atoms with E-state index in [9.17, 15) is 4.79 Å². The first kappa shape index (κ1) is 19.4. The van der Waals surface area contributed by atoms with Gasteiger partial charge in [-0.2, -0.15) is 4.98 Å². The standard InChI is InChI=1S/C24H22N4O2/c1-17-6-5-7-19(14-17)15-23(29)27-20-8-10-21(11-9-20)30-24-16-22(25-18(2)26-24)28-12-3-4-13-28/h3-14,16H,15H2,1-2H3,(H,27,29). The van der Waals surface area contributed by atoms with Crippen LogP contribution in [0.3, 0.4) is 0 Å². The Morgan fingerprint density at radius 3 is 2.47 bits per heavy atom. The van der Waals surface area contributed by atoms with Gasteiger partial charge in [0, 0.05) is 24.1 Å². The van der Waals surface area contributed by atoms with E-state index in [2.05, 4.69) is 15.3 Å². The second-order valence-corrected chi connectivity index (χ2v) is 7.04. The number of benzene rings is 2. The van der Waals surface area contributed by atoms with Gasteiger partial charge in [-0.1, -0.05) is 29.8 Å². The van der Waals surface area contributed by atoms with Crippen molar-refractivity contribution in [3.05, 3.63) is 96.1 Å². The zero-order valence-electron chi connectivity index (χ0n) is 16.9. The Morgan fingerprint density at radius 2 is 1.73 bits per heavy atom. The fourth-order valence-electron chi connectivity index (χ4n) is 3.14. The molecule has 4 rings (SSSR count). The molecule has 0 fully saturated rings. The summed E-state index contributed by atoms with van der Waals surface area (Å²) < 4.78 is 7.79. The zero-order chi connectivity index (χ0) is 20.9. The van der Waals surface area contributed by atoms with Crippen molar-refractivity contribution < 1.29 is 9.53 Å². The lowest BCUT2D eigenvalue weighted by atomic mass is 10.1. The number of anilines is 1. The quantitative estimate of drug-likeness (QED) is 0.504. The van der Waals surface area contributed by atoms with E-state index in [0.717, 1.165) is 16.9 Å². The molecule has 6 nitrogen and oxygen atoms in total. The summed E-state index contributed by atoms with van der Waals surface area (Å²) >= 11 is 0. The number of nitrogens with one attached hydrogen (secondary N) is 1. The van der Waals surface area contributed by atoms with Gasteiger partial charge in [0.1, 0.15) is 17.4 Å². The molecule has 1 N–H and O–H groups in total. The minimum atomic E-state index is -0.0583. The SMILES string of the molecule is Cc1cccc(CC(=O)Nc2ccc(Oc3cc(-n4cccc4)nc(C)n3)cc2)c1. The van der Waals surface area contributed by atoms with E-state index in [1.807, 2.05) is 79.3 Å². The summed E-state index contributed by atoms with van der Waals surface area (Å²) in [4.78, 5) is 21.1. The van der Waals surface area contributed by atoms with Crippen molar-refractivity contribution in [2.45, 2.75) is 20.3 Å². The van der Waals surface area contributed by atoms with Crippen LogP contribution in [-0.4, -0.2) is 20.4 Å². The Kier molecular flexibility index (Phi) is 5.57. The number of carbonyl (C=O) groups is 1. The van der Waals surface area contributed by atoms with E-state index < -0.39 is 0 Å². The van der Waals surface area contributed by atoms with Crippen molar-refractivity contribution in [1.82, 2.24) is 14.5 Å². The van der Waals surface area contributed by atoms with Crippen LogP contribution < -0.4 is 10.1 Å². The number of aryl methyl sites for hydroxylation is 2. The van der Waals surface area contributed by atoms with Gasteiger partial charge in [0.25, 0.3) is 0 Å². The van der Waals surface area contributed by atoms with Crippen molar-refractivity contribution in [2.75, 3.05) is 5.32 Å². The van der Waals surface area contributed by atoms with Crippen LogP contribution in [0.25, 0.3) is 5.82 Å². The molecule has 0 radical (unpaired) electrons. The fraction of sp³-hybridized carbons (Fsp3) is 0.125. The van der Waals surface area contributed by atoms with E-state index in [0.29, 0.717) is 29.6 Å². The van der Waals surface area contributed by atoms with E-state index in [-0.39, 0.29) is 5.91 Å². The minimum Gasteiger partial charge on any atom is -0.439 e. The first-order chi connectivity index (χ1) is 14.5. The molecule has 0 spiro atoms. The Balaban J connectivity index is 1.41. The summed E-state index contributed by atoms with van der Waals surface area (Å²) in [6.07, 6.45) is 4.17. The van der Waals surface area contributed by atoms with Gasteiger partial charge in [0.2, 0.25) is 11.8 Å². The molecular formula is C24H22N4O2. The van der Waals surface area contributed by atoms with Gasteiger partial charge in [-0.25, -0.2) is 4.98 Å². The van der Waals surface area contributed by atoms with Crippen LogP contribution in [0.4, 0.5) is 5.69 Å². The highest BCUT2D eigenvalue weighted by molar-refractivity contribution is 5.92. The molecule has 0 aliphatic rings. The molecular weight excluding hydrogens is 376 g/mol. The molecule has 1 amide bonds. The highest BCUT2D eigenvalue weighted by Crippen LogP contribution is 2.23. The molecule has 2 aromatic heterocycles. The maximum absolute atomic E-state index is 12.3. The van der Waals surface area contributed by atoms with Crippen LogP contribution in [0, 0.1) is 13.8 Å². The van der Waals surface area contributed by atoms with Gasteiger partial charge in [-0.15, -0.1) is 0 Å². The number of aromatic nitrogens is 3. The predicted molar refractivity (Wildman–Crippen MR) is 116 cm³/mol. The molecule has 0 saturated heterocycles. The van der Waals surface area contributed by atoms with Gasteiger partial charge in [-0.05, 0) is 55.8 Å². The van der Waals surface area contributed by atoms with Crippen LogP contribution in [0.5, 0.6) is 11.6 Å². The third-order valence-electron chi connectivity index (χ3n) is 4.48. The maximum atomic E-state index is 12.3. The lowest BCUT2D eigenvalue weighted by Gasteiger charge is -2.10. The predicted octanol–water partition coefficient (Wildman–Crippen LogP) is 4.86. The van der Waals surface area contributed by atoms with Crippen LogP contribution in [0.1, 0.15) is 17.0 Å². The smallest absolute Gasteiger partial charge is 0.228 e. The Bertz CT molecular complexity index is 1150. The Morgan fingerprint density at radius 1 is 0.967 bits per heavy atom. The molecule has 0 unspecified atom stereocenters. The molecule has 2 aromatic carbocycles. The average molecular weight is 398 g/mol. The van der Waals surface area contributed by atoms with Crippen molar-refractivity contribution in [2.24, 2.45) is 0 Å². The topological polar surface area (TPSA) is 69.0 Å². The normalized spacial score (nSPS) is 10.6. The fourth-order valence-corrected chi connectivity index (χ4v) is 3.14. The monoisotopic (exact) mass is 398 g/mol. The van der Waals surface area contributed by atoms with Crippen molar-refractivity contribution in [3.63, 3.8) is 0 Å². The summed E-state index contributed by atoms with van der Waals surface area (Å²) in [5, 5.41) is 2.91. The van der Waals surface area contributed by atoms with Gasteiger partial charge >= 0.3 is 0 Å². The van der Waals surface area contributed by atoms with Gasteiger partial charge in [0.15, 0.2) is 0 Å². The molecule has 0 aliphatic heterocycles. The van der Waals surface area contributed by atoms with E-state index >= 15 is 0 Å². The van der Waals surface area contributed by atoms with E-state index in [1.54, 1.807) is 18.2 Å². The molecule has 4 aromatic rings. The number of ether oxygens (including phenoxy) is 1. The summed E-state index contributed by atoms with van der Waals surface area (Å²) in [6.45, 7) is 3.84. The molecule has 150 valence electrons. The number of hydrogen-bond acceptors (Lipinski definition) is 4. The van der Waals surface area contributed by atoms with Crippen LogP contribution in [0.15, 0.2) is 79.1 Å². The zero-order valence-corrected chi connectivity index (χ0v) is 16.9. The number of amides is 1. The molecule has 6 heteroatoms. The summed E-state index contributed by atoms with van der Waals surface area (Å²) in [6, 6.07) is 20.8. The number of hydrogen-bond donors (Lipinski definition) is 1. The largest absolute Gasteiger partial charge is 0.439 e. The summed E-state index contributed by atoms with van der Waals surface area (Å²) in [7, 11) is 0. The number of rotatable bonds is 6. The third kappa shape index (κ3) is 4.91. The lowest BCUT2D eigenvalue weighted by Crippen LogP contribution is -2.14. The van der Waals surface area contributed by atoms with E-state index in [1.165, 1.54) is 0 Å². The number of nitrogens with zero attached hydrogens (tertiary/aromatic N) is 3. The second-order valence-electron chi connectivity index (χ2n) is 7.04. The Labute approximate surface area is 175 Å². The lowest BCUT2D eigenvalue weighted by molar-refractivity contribution is -0.115. The van der Waals surface area contributed by atoms with Crippen molar-refractivity contribution >= 4 is 11.6 Å². The highest BCUT2D eigenvalue weighted by Gasteiger charge is 2.07. The number of carbonyl (C=O) groups excluding carboxylic acids is 1. The average Bonchev–Trinajstić information content (AvgIpc) is 3.24. The van der Waals surface area contributed by atoms with Gasteiger partial charge < -0.3 is 14.6 Å². The molecule has 0 saturated carbocycles. The Hall–Kier alpha value is -3.93. The first-order valence-corrected chi connectivity index (χ1v) is 9.67. The minimum absolute atomic E-state index is 0.0583. The highest BCUT2D eigenvalue weighted by atomic mass is 16.5. The second kappa shape index (κ2) is 8.61. The van der Waals surface area contributed by atoms with Crippen LogP contribution in [-0.2, 0) is 11.2 Å². The summed E-state index contributed by atoms with van der Waals surface area (Å²) in [5.74, 6) is 2.39. The maximum Gasteiger partial charge on any atom is 0.228 e. The summed E-state index contributed by atoms with van der Waals surface area (Å²) in [5.41, 5.74) is 2.85. The van der Waals surface area contributed by atoms with Crippen molar-refractivity contribution in [1.29, 1.82) is 0 Å². The molecule has 0 bridgehead atoms. The molecule has 0 aliphatic carbocycles. The molecule has 0 atom stereocenters. The van der Waals surface area contributed by atoms with Crippen LogP contribution >= 0.6 is 0 Å². The molecule has 30 heavy (non-hydrogen) atoms. The van der Waals surface area contributed by atoms with Gasteiger partial charge in [-0.3, -0.25) is 4.79 Å². The van der Waals surface area contributed by atoms with Gasteiger partial charge in [0.05, 0.1) is 6.42 Å². The molecule has 2 heterocycles. The third-order valence-corrected chi connectivity index (χ3v) is 4.48.